The number of aromatic nitrogens is 2. The molecule has 0 spiro atoms. The quantitative estimate of drug-likeness (QED) is 0.643. The number of hydrogen-bond donors (Lipinski definition) is 1. The summed E-state index contributed by atoms with van der Waals surface area (Å²) < 4.78 is 10.3. The first-order chi connectivity index (χ1) is 9.76. The van der Waals surface area contributed by atoms with Gasteiger partial charge in [0.1, 0.15) is 0 Å². The van der Waals surface area contributed by atoms with Crippen LogP contribution in [0.5, 0.6) is 11.8 Å². The molecule has 1 aromatic heterocycles. The Labute approximate surface area is 124 Å². The van der Waals surface area contributed by atoms with Crippen LogP contribution in [0.1, 0.15) is 32.1 Å². The topological polar surface area (TPSA) is 64.5 Å². The third kappa shape index (κ3) is 3.99. The number of methoxy groups -OCH3 is 2. The first kappa shape index (κ1) is 15.4. The summed E-state index contributed by atoms with van der Waals surface area (Å²) >= 11 is 1.52. The van der Waals surface area contributed by atoms with Crippen molar-refractivity contribution in [2.45, 2.75) is 42.5 Å². The van der Waals surface area contributed by atoms with E-state index < -0.39 is 0 Å². The van der Waals surface area contributed by atoms with Crippen molar-refractivity contribution in [2.75, 3.05) is 20.8 Å². The molecule has 1 heterocycles. The van der Waals surface area contributed by atoms with Crippen LogP contribution in [0.15, 0.2) is 11.2 Å². The normalized spacial score (nSPS) is 17.8. The fourth-order valence-electron chi connectivity index (χ4n) is 2.57. The second-order valence-corrected chi connectivity index (χ2v) is 6.18. The van der Waals surface area contributed by atoms with E-state index in [1.54, 1.807) is 20.3 Å². The van der Waals surface area contributed by atoms with E-state index in [0.717, 1.165) is 0 Å². The van der Waals surface area contributed by atoms with Crippen LogP contribution in [0.2, 0.25) is 0 Å². The van der Waals surface area contributed by atoms with Gasteiger partial charge in [0.05, 0.1) is 26.9 Å². The minimum absolute atomic E-state index is 0.145. The molecule has 0 radical (unpaired) electrons. The average Bonchev–Trinajstić information content (AvgIpc) is 2.53. The van der Waals surface area contributed by atoms with Crippen LogP contribution in [0.4, 0.5) is 0 Å². The van der Waals surface area contributed by atoms with E-state index in [1.807, 2.05) is 0 Å². The van der Waals surface area contributed by atoms with E-state index in [2.05, 4.69) is 9.97 Å². The van der Waals surface area contributed by atoms with Gasteiger partial charge in [0.15, 0.2) is 5.16 Å². The Balaban J connectivity index is 2.09. The summed E-state index contributed by atoms with van der Waals surface area (Å²) in [5, 5.41) is 10.4. The van der Waals surface area contributed by atoms with Crippen molar-refractivity contribution >= 4 is 11.8 Å². The van der Waals surface area contributed by atoms with Crippen LogP contribution in [0, 0.1) is 5.92 Å². The molecule has 1 saturated carbocycles. The number of hydrogen-bond acceptors (Lipinski definition) is 6. The molecule has 1 aliphatic rings. The molecular formula is C14H22N2O3S. The van der Waals surface area contributed by atoms with Crippen LogP contribution in [-0.4, -0.2) is 41.2 Å². The van der Waals surface area contributed by atoms with Gasteiger partial charge in [-0.25, -0.2) is 0 Å². The van der Waals surface area contributed by atoms with E-state index in [1.165, 1.54) is 43.9 Å². The molecule has 1 aromatic rings. The van der Waals surface area contributed by atoms with Gasteiger partial charge in [-0.15, -0.1) is 0 Å². The number of aliphatic hydroxyl groups excluding tert-OH is 1. The summed E-state index contributed by atoms with van der Waals surface area (Å²) in [6.07, 6.45) is 6.18. The number of rotatable bonds is 6. The second-order valence-electron chi connectivity index (χ2n) is 4.97. The lowest BCUT2D eigenvalue weighted by atomic mass is 9.87. The molecule has 6 heteroatoms. The van der Waals surface area contributed by atoms with Crippen molar-refractivity contribution in [2.24, 2.45) is 5.92 Å². The summed E-state index contributed by atoms with van der Waals surface area (Å²) in [4.78, 5) is 8.64. The minimum Gasteiger partial charge on any atom is -0.481 e. The fraction of sp³-hybridized carbons (Fsp3) is 0.714. The number of ether oxygens (including phenoxy) is 2. The highest BCUT2D eigenvalue weighted by atomic mass is 32.2. The van der Waals surface area contributed by atoms with E-state index >= 15 is 0 Å². The molecule has 1 fully saturated rings. The SMILES string of the molecule is COc1cc(OC)nc(SC(CO)C2CCCCC2)n1. The molecule has 112 valence electrons. The van der Waals surface area contributed by atoms with Gasteiger partial charge in [0.25, 0.3) is 0 Å². The Kier molecular flexibility index (Phi) is 5.91. The molecular weight excluding hydrogens is 276 g/mol. The highest BCUT2D eigenvalue weighted by Crippen LogP contribution is 2.35. The van der Waals surface area contributed by atoms with Crippen LogP contribution in [-0.2, 0) is 0 Å². The van der Waals surface area contributed by atoms with E-state index in [4.69, 9.17) is 9.47 Å². The highest BCUT2D eigenvalue weighted by Gasteiger charge is 2.25. The Hall–Kier alpha value is -1.01. The van der Waals surface area contributed by atoms with Crippen LogP contribution < -0.4 is 9.47 Å². The van der Waals surface area contributed by atoms with Gasteiger partial charge in [0, 0.05) is 5.25 Å². The first-order valence-electron chi connectivity index (χ1n) is 7.01. The lowest BCUT2D eigenvalue weighted by molar-refractivity contribution is 0.238. The number of aliphatic hydroxyl groups is 1. The third-order valence-corrected chi connectivity index (χ3v) is 4.92. The van der Waals surface area contributed by atoms with E-state index in [0.29, 0.717) is 22.8 Å². The summed E-state index contributed by atoms with van der Waals surface area (Å²) in [5.74, 6) is 1.51. The summed E-state index contributed by atoms with van der Waals surface area (Å²) in [6, 6.07) is 1.65. The summed E-state index contributed by atoms with van der Waals surface area (Å²) in [6.45, 7) is 0.151. The molecule has 1 N–H and O–H groups in total. The molecule has 0 bridgehead atoms. The van der Waals surface area contributed by atoms with Crippen molar-refractivity contribution in [1.82, 2.24) is 9.97 Å². The predicted octanol–water partition coefficient (Wildman–Crippen LogP) is 2.53. The molecule has 5 nitrogen and oxygen atoms in total. The van der Waals surface area contributed by atoms with E-state index in [9.17, 15) is 5.11 Å². The van der Waals surface area contributed by atoms with Crippen LogP contribution in [0.3, 0.4) is 0 Å². The molecule has 0 aliphatic heterocycles. The van der Waals surface area contributed by atoms with Crippen molar-refractivity contribution in [1.29, 1.82) is 0 Å². The van der Waals surface area contributed by atoms with Crippen molar-refractivity contribution in [3.8, 4) is 11.8 Å². The fourth-order valence-corrected chi connectivity index (χ4v) is 3.66. The summed E-state index contributed by atoms with van der Waals surface area (Å²) in [5.41, 5.74) is 0. The first-order valence-corrected chi connectivity index (χ1v) is 7.89. The number of thioether (sulfide) groups is 1. The molecule has 1 aliphatic carbocycles. The second kappa shape index (κ2) is 7.69. The average molecular weight is 298 g/mol. The molecule has 0 saturated heterocycles. The standard InChI is InChI=1S/C14H22N2O3S/c1-18-12-8-13(19-2)16-14(15-12)20-11(9-17)10-6-4-3-5-7-10/h8,10-11,17H,3-7,9H2,1-2H3. The van der Waals surface area contributed by atoms with Crippen molar-refractivity contribution in [3.05, 3.63) is 6.07 Å². The van der Waals surface area contributed by atoms with Gasteiger partial charge in [-0.1, -0.05) is 31.0 Å². The monoisotopic (exact) mass is 298 g/mol. The zero-order valence-corrected chi connectivity index (χ0v) is 12.9. The predicted molar refractivity (Wildman–Crippen MR) is 78.4 cm³/mol. The highest BCUT2D eigenvalue weighted by molar-refractivity contribution is 7.99. The van der Waals surface area contributed by atoms with Gasteiger partial charge in [-0.05, 0) is 18.8 Å². The zero-order chi connectivity index (χ0) is 14.4. The Morgan fingerprint density at radius 2 is 1.80 bits per heavy atom. The minimum atomic E-state index is 0.145. The van der Waals surface area contributed by atoms with Crippen LogP contribution in [0.25, 0.3) is 0 Å². The van der Waals surface area contributed by atoms with Gasteiger partial charge < -0.3 is 14.6 Å². The molecule has 0 aromatic carbocycles. The maximum absolute atomic E-state index is 9.65. The van der Waals surface area contributed by atoms with Gasteiger partial charge in [-0.3, -0.25) is 0 Å². The smallest absolute Gasteiger partial charge is 0.220 e. The van der Waals surface area contributed by atoms with Crippen molar-refractivity contribution < 1.29 is 14.6 Å². The molecule has 1 atom stereocenters. The third-order valence-electron chi connectivity index (χ3n) is 3.69. The number of nitrogens with zero attached hydrogens (tertiary/aromatic N) is 2. The largest absolute Gasteiger partial charge is 0.481 e. The van der Waals surface area contributed by atoms with Gasteiger partial charge in [-0.2, -0.15) is 9.97 Å². The van der Waals surface area contributed by atoms with Gasteiger partial charge >= 0.3 is 0 Å². The zero-order valence-electron chi connectivity index (χ0n) is 12.0. The van der Waals surface area contributed by atoms with Crippen molar-refractivity contribution in [3.63, 3.8) is 0 Å². The Morgan fingerprint density at radius 1 is 1.20 bits per heavy atom. The molecule has 2 rings (SSSR count). The van der Waals surface area contributed by atoms with E-state index in [-0.39, 0.29) is 11.9 Å². The molecule has 20 heavy (non-hydrogen) atoms. The lowest BCUT2D eigenvalue weighted by Gasteiger charge is -2.28. The lowest BCUT2D eigenvalue weighted by Crippen LogP contribution is -2.24. The maximum atomic E-state index is 9.65. The Morgan fingerprint density at radius 3 is 2.30 bits per heavy atom. The van der Waals surface area contributed by atoms with Crippen LogP contribution >= 0.6 is 11.8 Å². The Bertz CT molecular complexity index is 403. The molecule has 1 unspecified atom stereocenters. The molecule has 0 amide bonds. The van der Waals surface area contributed by atoms with Gasteiger partial charge in [0.2, 0.25) is 11.8 Å². The maximum Gasteiger partial charge on any atom is 0.220 e. The summed E-state index contributed by atoms with van der Waals surface area (Å²) in [7, 11) is 3.14.